The van der Waals surface area contributed by atoms with Gasteiger partial charge in [0.05, 0.1) is 6.04 Å². The Hall–Kier alpha value is -1.96. The number of nitrogens with one attached hydrogen (secondary N) is 1. The van der Waals surface area contributed by atoms with Crippen LogP contribution in [0.5, 0.6) is 0 Å². The molecular weight excluding hydrogens is 276 g/mol. The van der Waals surface area contributed by atoms with Crippen LogP contribution in [0.3, 0.4) is 0 Å². The molecule has 2 atom stereocenters. The standard InChI is InChI=1S/C13H20N4O4/c1-3-8(2)17(7-10(18)19)13(20)11-15-12(21-16-11)9-5-4-6-14-9/h8-9,14H,3-7H2,1-2H3,(H,18,19). The minimum atomic E-state index is -1.06. The molecule has 0 aliphatic carbocycles. The number of aromatic nitrogens is 2. The van der Waals surface area contributed by atoms with Crippen molar-refractivity contribution in [3.05, 3.63) is 11.7 Å². The van der Waals surface area contributed by atoms with Crippen molar-refractivity contribution in [3.8, 4) is 0 Å². The summed E-state index contributed by atoms with van der Waals surface area (Å²) in [5, 5.41) is 15.8. The zero-order chi connectivity index (χ0) is 15.4. The predicted molar refractivity (Wildman–Crippen MR) is 72.7 cm³/mol. The Bertz CT molecular complexity index is 510. The lowest BCUT2D eigenvalue weighted by atomic mass is 10.2. The average molecular weight is 296 g/mol. The van der Waals surface area contributed by atoms with E-state index in [4.69, 9.17) is 9.63 Å². The lowest BCUT2D eigenvalue weighted by Gasteiger charge is -2.25. The monoisotopic (exact) mass is 296 g/mol. The van der Waals surface area contributed by atoms with Crippen LogP contribution in [0.1, 0.15) is 55.7 Å². The first-order valence-corrected chi connectivity index (χ1v) is 7.12. The first-order chi connectivity index (χ1) is 10.0. The van der Waals surface area contributed by atoms with Crippen LogP contribution in [0.2, 0.25) is 0 Å². The summed E-state index contributed by atoms with van der Waals surface area (Å²) in [5.74, 6) is -1.28. The quantitative estimate of drug-likeness (QED) is 0.799. The van der Waals surface area contributed by atoms with Crippen LogP contribution in [0, 0.1) is 0 Å². The molecule has 0 spiro atoms. The van der Waals surface area contributed by atoms with Crippen molar-refractivity contribution >= 4 is 11.9 Å². The Morgan fingerprint density at radius 1 is 1.57 bits per heavy atom. The van der Waals surface area contributed by atoms with Gasteiger partial charge in [-0.15, -0.1) is 0 Å². The summed E-state index contributed by atoms with van der Waals surface area (Å²) in [6, 6.07) is -0.226. The van der Waals surface area contributed by atoms with Gasteiger partial charge in [0.2, 0.25) is 5.89 Å². The summed E-state index contributed by atoms with van der Waals surface area (Å²) < 4.78 is 5.12. The third kappa shape index (κ3) is 3.57. The SMILES string of the molecule is CCC(C)N(CC(=O)O)C(=O)c1noc(C2CCCN2)n1. The lowest BCUT2D eigenvalue weighted by molar-refractivity contribution is -0.138. The van der Waals surface area contributed by atoms with Crippen LogP contribution in [-0.2, 0) is 4.79 Å². The van der Waals surface area contributed by atoms with E-state index in [2.05, 4.69) is 15.5 Å². The number of amides is 1. The maximum absolute atomic E-state index is 12.4. The molecule has 2 rings (SSSR count). The third-order valence-electron chi connectivity index (χ3n) is 3.68. The summed E-state index contributed by atoms with van der Waals surface area (Å²) in [6.07, 6.45) is 2.56. The molecule has 1 aliphatic heterocycles. The topological polar surface area (TPSA) is 109 Å². The van der Waals surface area contributed by atoms with Crippen molar-refractivity contribution in [1.82, 2.24) is 20.4 Å². The fraction of sp³-hybridized carbons (Fsp3) is 0.692. The van der Waals surface area contributed by atoms with Crippen LogP contribution in [0.15, 0.2) is 4.52 Å². The van der Waals surface area contributed by atoms with Gasteiger partial charge in [0.15, 0.2) is 0 Å². The van der Waals surface area contributed by atoms with E-state index in [1.807, 2.05) is 6.92 Å². The molecule has 1 saturated heterocycles. The summed E-state index contributed by atoms with van der Waals surface area (Å²) >= 11 is 0. The van der Waals surface area contributed by atoms with Gasteiger partial charge in [0.1, 0.15) is 6.54 Å². The number of nitrogens with zero attached hydrogens (tertiary/aromatic N) is 3. The van der Waals surface area contributed by atoms with Gasteiger partial charge >= 0.3 is 5.97 Å². The molecule has 1 aromatic rings. The van der Waals surface area contributed by atoms with Crippen LogP contribution in [0.4, 0.5) is 0 Å². The number of aliphatic carboxylic acids is 1. The van der Waals surface area contributed by atoms with Gasteiger partial charge in [-0.05, 0) is 32.7 Å². The van der Waals surface area contributed by atoms with Gasteiger partial charge < -0.3 is 19.8 Å². The number of hydrogen-bond donors (Lipinski definition) is 2. The van der Waals surface area contributed by atoms with Crippen molar-refractivity contribution in [1.29, 1.82) is 0 Å². The molecule has 0 aromatic carbocycles. The summed E-state index contributed by atoms with van der Waals surface area (Å²) in [5.41, 5.74) is 0. The predicted octanol–water partition coefficient (Wildman–Crippen LogP) is 0.819. The first-order valence-electron chi connectivity index (χ1n) is 7.12. The van der Waals surface area contributed by atoms with E-state index < -0.39 is 11.9 Å². The fourth-order valence-corrected chi connectivity index (χ4v) is 2.28. The van der Waals surface area contributed by atoms with Crippen LogP contribution < -0.4 is 5.32 Å². The van der Waals surface area contributed by atoms with Gasteiger partial charge in [-0.25, -0.2) is 0 Å². The van der Waals surface area contributed by atoms with Gasteiger partial charge in [0.25, 0.3) is 11.7 Å². The molecule has 0 bridgehead atoms. The second kappa shape index (κ2) is 6.66. The summed E-state index contributed by atoms with van der Waals surface area (Å²) in [4.78, 5) is 28.6. The fourth-order valence-electron chi connectivity index (χ4n) is 2.28. The molecule has 1 aliphatic rings. The van der Waals surface area contributed by atoms with Crippen LogP contribution in [0.25, 0.3) is 0 Å². The molecule has 1 aromatic heterocycles. The second-order valence-electron chi connectivity index (χ2n) is 5.19. The molecule has 8 heteroatoms. The largest absolute Gasteiger partial charge is 0.480 e. The molecule has 0 saturated carbocycles. The van der Waals surface area contributed by atoms with E-state index in [0.29, 0.717) is 12.3 Å². The van der Waals surface area contributed by atoms with Gasteiger partial charge in [0, 0.05) is 6.04 Å². The van der Waals surface area contributed by atoms with Gasteiger partial charge in [-0.2, -0.15) is 4.98 Å². The zero-order valence-corrected chi connectivity index (χ0v) is 12.2. The van der Waals surface area contributed by atoms with Gasteiger partial charge in [-0.1, -0.05) is 12.1 Å². The molecular formula is C13H20N4O4. The summed E-state index contributed by atoms with van der Waals surface area (Å²) in [6.45, 7) is 4.19. The van der Waals surface area contributed by atoms with E-state index in [1.165, 1.54) is 4.90 Å². The highest BCUT2D eigenvalue weighted by Gasteiger charge is 2.29. The lowest BCUT2D eigenvalue weighted by Crippen LogP contribution is -2.42. The number of carboxylic acid groups (broad SMARTS) is 1. The van der Waals surface area contributed by atoms with E-state index in [1.54, 1.807) is 6.92 Å². The molecule has 8 nitrogen and oxygen atoms in total. The Kier molecular flexibility index (Phi) is 4.89. The Morgan fingerprint density at radius 3 is 2.90 bits per heavy atom. The minimum absolute atomic E-state index is 0.0180. The highest BCUT2D eigenvalue weighted by molar-refractivity contribution is 5.92. The Balaban J connectivity index is 2.14. The molecule has 21 heavy (non-hydrogen) atoms. The highest BCUT2D eigenvalue weighted by Crippen LogP contribution is 2.21. The Morgan fingerprint density at radius 2 is 2.33 bits per heavy atom. The molecule has 1 fully saturated rings. The Labute approximate surface area is 122 Å². The number of carbonyl (C=O) groups excluding carboxylic acids is 1. The van der Waals surface area contributed by atoms with Crippen molar-refractivity contribution in [2.45, 2.75) is 45.2 Å². The molecule has 2 unspecified atom stereocenters. The van der Waals surface area contributed by atoms with Crippen molar-refractivity contribution < 1.29 is 19.2 Å². The van der Waals surface area contributed by atoms with Crippen molar-refractivity contribution in [3.63, 3.8) is 0 Å². The number of rotatable bonds is 6. The number of hydrogen-bond acceptors (Lipinski definition) is 6. The minimum Gasteiger partial charge on any atom is -0.480 e. The maximum atomic E-state index is 12.4. The van der Waals surface area contributed by atoms with Crippen molar-refractivity contribution in [2.75, 3.05) is 13.1 Å². The van der Waals surface area contributed by atoms with E-state index in [9.17, 15) is 9.59 Å². The van der Waals surface area contributed by atoms with E-state index >= 15 is 0 Å². The molecule has 116 valence electrons. The molecule has 1 amide bonds. The summed E-state index contributed by atoms with van der Waals surface area (Å²) in [7, 11) is 0. The van der Waals surface area contributed by atoms with Crippen LogP contribution >= 0.6 is 0 Å². The highest BCUT2D eigenvalue weighted by atomic mass is 16.5. The van der Waals surface area contributed by atoms with E-state index in [-0.39, 0.29) is 24.5 Å². The van der Waals surface area contributed by atoms with E-state index in [0.717, 1.165) is 19.4 Å². The third-order valence-corrected chi connectivity index (χ3v) is 3.68. The molecule has 0 radical (unpaired) electrons. The van der Waals surface area contributed by atoms with Crippen LogP contribution in [-0.4, -0.2) is 51.2 Å². The smallest absolute Gasteiger partial charge is 0.323 e. The normalized spacial score (nSPS) is 19.4. The second-order valence-corrected chi connectivity index (χ2v) is 5.19. The first kappa shape index (κ1) is 15.4. The zero-order valence-electron chi connectivity index (χ0n) is 12.2. The molecule has 2 heterocycles. The number of carboxylic acids is 1. The van der Waals surface area contributed by atoms with Gasteiger partial charge in [-0.3, -0.25) is 9.59 Å². The average Bonchev–Trinajstić information content (AvgIpc) is 3.12. The van der Waals surface area contributed by atoms with Crippen molar-refractivity contribution in [2.24, 2.45) is 0 Å². The maximum Gasteiger partial charge on any atom is 0.323 e. The molecule has 2 N–H and O–H groups in total. The number of carbonyl (C=O) groups is 2.